The summed E-state index contributed by atoms with van der Waals surface area (Å²) in [4.78, 5) is 36.5. The van der Waals surface area contributed by atoms with Gasteiger partial charge < -0.3 is 9.15 Å². The Morgan fingerprint density at radius 2 is 1.85 bits per heavy atom. The summed E-state index contributed by atoms with van der Waals surface area (Å²) in [6.07, 6.45) is 2.54. The number of ether oxygens (including phenoxy) is 1. The third-order valence-electron chi connectivity index (χ3n) is 3.91. The summed E-state index contributed by atoms with van der Waals surface area (Å²) in [5, 5.41) is 0.645. The molecule has 0 fully saturated rings. The van der Waals surface area contributed by atoms with Gasteiger partial charge >= 0.3 is 5.63 Å². The lowest BCUT2D eigenvalue weighted by Gasteiger charge is -2.01. The van der Waals surface area contributed by atoms with Crippen molar-refractivity contribution >= 4 is 51.2 Å². The number of Topliss-reactive ketones (excluding diaryl/α,β-unsaturated/α-hetero) is 1. The molecule has 0 unspecified atom stereocenters. The molecule has 3 aromatic rings. The fraction of sp³-hybridized carbons (Fsp3) is 0.0952. The van der Waals surface area contributed by atoms with Crippen molar-refractivity contribution < 1.29 is 18.7 Å². The van der Waals surface area contributed by atoms with Crippen molar-refractivity contribution in [1.29, 1.82) is 0 Å². The van der Waals surface area contributed by atoms with Crippen LogP contribution in [0.1, 0.15) is 22.3 Å². The van der Waals surface area contributed by atoms with E-state index in [0.29, 0.717) is 16.7 Å². The molecule has 5 nitrogen and oxygen atoms in total. The summed E-state index contributed by atoms with van der Waals surface area (Å²) in [6.45, 7) is 0. The molecule has 0 aliphatic carbocycles. The van der Waals surface area contributed by atoms with Crippen LogP contribution in [0.4, 0.5) is 0 Å². The highest BCUT2D eigenvalue weighted by molar-refractivity contribution is 14.1. The minimum Gasteiger partial charge on any atom is -0.497 e. The molecule has 0 saturated carbocycles. The van der Waals surface area contributed by atoms with E-state index >= 15 is 0 Å². The fourth-order valence-corrected chi connectivity index (χ4v) is 3.02. The van der Waals surface area contributed by atoms with Gasteiger partial charge in [0.1, 0.15) is 16.9 Å². The van der Waals surface area contributed by atoms with Crippen LogP contribution in [0.3, 0.4) is 0 Å². The van der Waals surface area contributed by atoms with Crippen molar-refractivity contribution in [3.8, 4) is 5.75 Å². The number of allylic oxidation sites excluding steroid dienone is 1. The number of hydrogen-bond donors (Lipinski definition) is 0. The first-order chi connectivity index (χ1) is 13.0. The van der Waals surface area contributed by atoms with Crippen LogP contribution in [0, 0.1) is 3.57 Å². The van der Waals surface area contributed by atoms with Gasteiger partial charge in [-0.25, -0.2) is 4.79 Å². The summed E-state index contributed by atoms with van der Waals surface area (Å²) in [5.41, 5.74) is 0.357. The van der Waals surface area contributed by atoms with Gasteiger partial charge in [0.15, 0.2) is 11.6 Å². The van der Waals surface area contributed by atoms with Crippen LogP contribution in [0.2, 0.25) is 0 Å². The maximum absolute atomic E-state index is 12.4. The predicted octanol–water partition coefficient (Wildman–Crippen LogP) is 4.26. The highest BCUT2D eigenvalue weighted by atomic mass is 127. The van der Waals surface area contributed by atoms with Crippen LogP contribution in [0.5, 0.6) is 5.75 Å². The lowest BCUT2D eigenvalue weighted by atomic mass is 10.1. The Morgan fingerprint density at radius 3 is 2.56 bits per heavy atom. The summed E-state index contributed by atoms with van der Waals surface area (Å²) in [5.74, 6) is -0.238. The molecule has 6 heteroatoms. The molecule has 2 aromatic carbocycles. The van der Waals surface area contributed by atoms with E-state index in [1.165, 1.54) is 12.1 Å². The van der Waals surface area contributed by atoms with Gasteiger partial charge in [-0.2, -0.15) is 0 Å². The first kappa shape index (κ1) is 19.0. The van der Waals surface area contributed by atoms with E-state index in [9.17, 15) is 14.4 Å². The van der Waals surface area contributed by atoms with E-state index in [2.05, 4.69) is 22.6 Å². The van der Waals surface area contributed by atoms with Crippen LogP contribution in [0.25, 0.3) is 17.0 Å². The quantitative estimate of drug-likeness (QED) is 0.176. The molecule has 0 N–H and O–H groups in total. The Bertz CT molecular complexity index is 1090. The SMILES string of the molecule is COc1ccc(/C=C\C(=O)CC(=O)c2cc3cc(I)ccc3oc2=O)cc1. The molecule has 0 bridgehead atoms. The van der Waals surface area contributed by atoms with Crippen molar-refractivity contribution in [2.75, 3.05) is 7.11 Å². The Kier molecular flexibility index (Phi) is 5.85. The minimum atomic E-state index is -0.736. The topological polar surface area (TPSA) is 73.6 Å². The van der Waals surface area contributed by atoms with Crippen molar-refractivity contribution in [1.82, 2.24) is 0 Å². The van der Waals surface area contributed by atoms with Crippen molar-refractivity contribution in [2.24, 2.45) is 0 Å². The summed E-state index contributed by atoms with van der Waals surface area (Å²) in [6, 6.07) is 13.9. The van der Waals surface area contributed by atoms with Crippen LogP contribution < -0.4 is 10.4 Å². The number of ketones is 2. The van der Waals surface area contributed by atoms with E-state index in [0.717, 1.165) is 9.13 Å². The average Bonchev–Trinajstić information content (AvgIpc) is 2.66. The van der Waals surface area contributed by atoms with Crippen LogP contribution in [-0.4, -0.2) is 18.7 Å². The van der Waals surface area contributed by atoms with E-state index in [1.54, 1.807) is 55.7 Å². The fourth-order valence-electron chi connectivity index (χ4n) is 2.51. The molecule has 0 spiro atoms. The zero-order chi connectivity index (χ0) is 19.4. The lowest BCUT2D eigenvalue weighted by molar-refractivity contribution is -0.113. The third kappa shape index (κ3) is 4.71. The summed E-state index contributed by atoms with van der Waals surface area (Å²) in [7, 11) is 1.57. The Morgan fingerprint density at radius 1 is 1.11 bits per heavy atom. The molecular formula is C21H15IO5. The van der Waals surface area contributed by atoms with E-state index in [1.807, 2.05) is 0 Å². The second-order valence-electron chi connectivity index (χ2n) is 5.80. The number of hydrogen-bond acceptors (Lipinski definition) is 5. The first-order valence-electron chi connectivity index (χ1n) is 8.08. The van der Waals surface area contributed by atoms with Crippen molar-refractivity contribution in [3.63, 3.8) is 0 Å². The highest BCUT2D eigenvalue weighted by Crippen LogP contribution is 2.18. The van der Waals surface area contributed by atoms with Crippen molar-refractivity contribution in [2.45, 2.75) is 6.42 Å². The predicted molar refractivity (Wildman–Crippen MR) is 111 cm³/mol. The standard InChI is InChI=1S/C21H15IO5/c1-26-17-7-3-13(4-8-17)2-6-16(23)12-19(24)18-11-14-10-15(22)5-9-20(14)27-21(18)25/h2-11H,12H2,1H3/b6-2-. The van der Waals surface area contributed by atoms with Crippen LogP contribution >= 0.6 is 22.6 Å². The van der Waals surface area contributed by atoms with E-state index < -0.39 is 23.6 Å². The number of methoxy groups -OCH3 is 1. The van der Waals surface area contributed by atoms with Gasteiger partial charge in [0, 0.05) is 8.96 Å². The maximum atomic E-state index is 12.4. The second-order valence-corrected chi connectivity index (χ2v) is 7.05. The maximum Gasteiger partial charge on any atom is 0.347 e. The van der Waals surface area contributed by atoms with Gasteiger partial charge in [0.25, 0.3) is 0 Å². The zero-order valence-corrected chi connectivity index (χ0v) is 16.6. The normalized spacial score (nSPS) is 11.0. The molecule has 27 heavy (non-hydrogen) atoms. The molecular weight excluding hydrogens is 459 g/mol. The number of carbonyl (C=O) groups excluding carboxylic acids is 2. The van der Waals surface area contributed by atoms with Gasteiger partial charge in [-0.05, 0) is 70.6 Å². The Labute approximate surface area is 168 Å². The molecule has 0 aliphatic heterocycles. The largest absolute Gasteiger partial charge is 0.497 e. The molecule has 0 saturated heterocycles. The number of benzene rings is 2. The van der Waals surface area contributed by atoms with Gasteiger partial charge in [-0.15, -0.1) is 0 Å². The second kappa shape index (κ2) is 8.30. The van der Waals surface area contributed by atoms with Crippen LogP contribution in [0.15, 0.2) is 63.8 Å². The van der Waals surface area contributed by atoms with Gasteiger partial charge in [-0.3, -0.25) is 9.59 Å². The molecule has 0 aliphatic rings. The third-order valence-corrected chi connectivity index (χ3v) is 4.58. The molecule has 0 amide bonds. The first-order valence-corrected chi connectivity index (χ1v) is 9.16. The number of halogens is 1. The van der Waals surface area contributed by atoms with Gasteiger partial charge in [0.05, 0.1) is 13.5 Å². The van der Waals surface area contributed by atoms with Gasteiger partial charge in [-0.1, -0.05) is 18.2 Å². The monoisotopic (exact) mass is 474 g/mol. The molecule has 3 rings (SSSR count). The molecule has 0 radical (unpaired) electrons. The molecule has 1 heterocycles. The molecule has 136 valence electrons. The number of fused-ring (bicyclic) bond motifs is 1. The average molecular weight is 474 g/mol. The smallest absolute Gasteiger partial charge is 0.347 e. The Hall–Kier alpha value is -2.74. The van der Waals surface area contributed by atoms with Crippen LogP contribution in [-0.2, 0) is 4.79 Å². The van der Waals surface area contributed by atoms with E-state index in [4.69, 9.17) is 9.15 Å². The molecule has 1 aromatic heterocycles. The number of rotatable bonds is 6. The zero-order valence-electron chi connectivity index (χ0n) is 14.4. The highest BCUT2D eigenvalue weighted by Gasteiger charge is 2.16. The van der Waals surface area contributed by atoms with Gasteiger partial charge in [0.2, 0.25) is 0 Å². The Balaban J connectivity index is 1.75. The summed E-state index contributed by atoms with van der Waals surface area (Å²) >= 11 is 2.13. The summed E-state index contributed by atoms with van der Waals surface area (Å²) < 4.78 is 11.2. The lowest BCUT2D eigenvalue weighted by Crippen LogP contribution is -2.16. The molecule has 0 atom stereocenters. The van der Waals surface area contributed by atoms with E-state index in [-0.39, 0.29) is 5.56 Å². The minimum absolute atomic E-state index is 0.115. The van der Waals surface area contributed by atoms with Crippen molar-refractivity contribution in [3.05, 3.63) is 79.7 Å². The number of carbonyl (C=O) groups is 2.